The average molecular weight is 181 g/mol. The van der Waals surface area contributed by atoms with Gasteiger partial charge in [-0.05, 0) is 38.6 Å². The lowest BCUT2D eigenvalue weighted by Gasteiger charge is -2.34. The van der Waals surface area contributed by atoms with Crippen LogP contribution in [0.1, 0.15) is 34.1 Å². The molecule has 0 radical (unpaired) electrons. The molecule has 1 heteroatoms. The van der Waals surface area contributed by atoms with Gasteiger partial charge in [-0.25, -0.2) is 0 Å². The molecular formula is C12H23N. The van der Waals surface area contributed by atoms with E-state index < -0.39 is 0 Å². The van der Waals surface area contributed by atoms with Gasteiger partial charge in [-0.15, -0.1) is 0 Å². The molecule has 1 heterocycles. The van der Waals surface area contributed by atoms with Crippen LogP contribution in [0.2, 0.25) is 0 Å². The van der Waals surface area contributed by atoms with Crippen molar-refractivity contribution in [2.75, 3.05) is 19.6 Å². The maximum atomic E-state index is 2.57. The van der Waals surface area contributed by atoms with Gasteiger partial charge in [-0.1, -0.05) is 25.5 Å². The second-order valence-electron chi connectivity index (χ2n) is 4.78. The van der Waals surface area contributed by atoms with Crippen LogP contribution >= 0.6 is 0 Å². The maximum absolute atomic E-state index is 2.57. The van der Waals surface area contributed by atoms with E-state index in [4.69, 9.17) is 0 Å². The molecule has 76 valence electrons. The second kappa shape index (κ2) is 4.80. The Morgan fingerprint density at radius 3 is 2.54 bits per heavy atom. The highest BCUT2D eigenvalue weighted by Crippen LogP contribution is 2.22. The van der Waals surface area contributed by atoms with E-state index >= 15 is 0 Å². The summed E-state index contributed by atoms with van der Waals surface area (Å²) in [6, 6.07) is 0. The lowest BCUT2D eigenvalue weighted by atomic mass is 9.89. The summed E-state index contributed by atoms with van der Waals surface area (Å²) >= 11 is 0. The number of nitrogens with zero attached hydrogens (tertiary/aromatic N) is 1. The molecule has 1 nitrogen and oxygen atoms in total. The molecule has 1 fully saturated rings. The van der Waals surface area contributed by atoms with Gasteiger partial charge in [0, 0.05) is 13.1 Å². The largest absolute Gasteiger partial charge is 0.299 e. The summed E-state index contributed by atoms with van der Waals surface area (Å²) in [5, 5.41) is 0. The molecule has 0 saturated carbocycles. The molecule has 0 aromatic heterocycles. The molecule has 1 aliphatic heterocycles. The summed E-state index contributed by atoms with van der Waals surface area (Å²) in [5.41, 5.74) is 1.44. The van der Waals surface area contributed by atoms with Gasteiger partial charge >= 0.3 is 0 Å². The normalized spacial score (nSPS) is 30.2. The monoisotopic (exact) mass is 181 g/mol. The van der Waals surface area contributed by atoms with E-state index in [2.05, 4.69) is 38.7 Å². The Morgan fingerprint density at radius 1 is 1.31 bits per heavy atom. The van der Waals surface area contributed by atoms with E-state index in [9.17, 15) is 0 Å². The van der Waals surface area contributed by atoms with E-state index in [0.717, 1.165) is 18.4 Å². The molecular weight excluding hydrogens is 158 g/mol. The smallest absolute Gasteiger partial charge is 0.0165 e. The van der Waals surface area contributed by atoms with Gasteiger partial charge in [0.25, 0.3) is 0 Å². The average Bonchev–Trinajstić information content (AvgIpc) is 2.07. The van der Waals surface area contributed by atoms with Crippen molar-refractivity contribution in [3.8, 4) is 0 Å². The molecule has 1 rings (SSSR count). The van der Waals surface area contributed by atoms with Gasteiger partial charge < -0.3 is 0 Å². The number of hydrogen-bond donors (Lipinski definition) is 0. The molecule has 2 atom stereocenters. The second-order valence-corrected chi connectivity index (χ2v) is 4.78. The van der Waals surface area contributed by atoms with E-state index in [-0.39, 0.29) is 0 Å². The van der Waals surface area contributed by atoms with Crippen LogP contribution in [0.4, 0.5) is 0 Å². The molecule has 0 aromatic rings. The third kappa shape index (κ3) is 3.51. The Labute approximate surface area is 82.8 Å². The third-order valence-electron chi connectivity index (χ3n) is 3.18. The topological polar surface area (TPSA) is 3.24 Å². The van der Waals surface area contributed by atoms with Crippen LogP contribution in [0.5, 0.6) is 0 Å². The summed E-state index contributed by atoms with van der Waals surface area (Å²) in [6.07, 6.45) is 3.71. The van der Waals surface area contributed by atoms with Crippen LogP contribution in [-0.2, 0) is 0 Å². The molecule has 0 aromatic carbocycles. The quantitative estimate of drug-likeness (QED) is 0.592. The predicted octanol–water partition coefficient (Wildman–Crippen LogP) is 2.93. The van der Waals surface area contributed by atoms with Crippen molar-refractivity contribution in [3.05, 3.63) is 11.6 Å². The van der Waals surface area contributed by atoms with Crippen LogP contribution in [0.25, 0.3) is 0 Å². The molecule has 1 aliphatic rings. The Morgan fingerprint density at radius 2 is 2.00 bits per heavy atom. The van der Waals surface area contributed by atoms with Gasteiger partial charge in [0.15, 0.2) is 0 Å². The molecule has 0 bridgehead atoms. The number of likely N-dealkylation sites (tertiary alicyclic amines) is 1. The fourth-order valence-electron chi connectivity index (χ4n) is 1.83. The van der Waals surface area contributed by atoms with E-state index in [1.165, 1.54) is 25.1 Å². The van der Waals surface area contributed by atoms with Crippen molar-refractivity contribution in [1.82, 2.24) is 4.90 Å². The van der Waals surface area contributed by atoms with Crippen molar-refractivity contribution in [1.29, 1.82) is 0 Å². The first-order chi connectivity index (χ1) is 6.09. The zero-order valence-corrected chi connectivity index (χ0v) is 9.51. The first kappa shape index (κ1) is 10.8. The summed E-state index contributed by atoms with van der Waals surface area (Å²) in [4.78, 5) is 2.57. The Balaban J connectivity index is 2.33. The van der Waals surface area contributed by atoms with E-state index in [1.807, 2.05) is 0 Å². The fourth-order valence-corrected chi connectivity index (χ4v) is 1.83. The van der Waals surface area contributed by atoms with Crippen molar-refractivity contribution < 1.29 is 0 Å². The highest BCUT2D eigenvalue weighted by Gasteiger charge is 2.21. The lowest BCUT2D eigenvalue weighted by Crippen LogP contribution is -2.38. The summed E-state index contributed by atoms with van der Waals surface area (Å²) in [6.45, 7) is 12.8. The Hall–Kier alpha value is -0.300. The number of allylic oxidation sites excluding steroid dienone is 1. The number of hydrogen-bond acceptors (Lipinski definition) is 1. The Bertz CT molecular complexity index is 180. The molecule has 0 N–H and O–H groups in total. The van der Waals surface area contributed by atoms with Crippen molar-refractivity contribution >= 4 is 0 Å². The van der Waals surface area contributed by atoms with Crippen LogP contribution in [0.15, 0.2) is 11.6 Å². The van der Waals surface area contributed by atoms with Crippen LogP contribution in [0.3, 0.4) is 0 Å². The molecule has 13 heavy (non-hydrogen) atoms. The van der Waals surface area contributed by atoms with Gasteiger partial charge in [0.1, 0.15) is 0 Å². The molecule has 1 saturated heterocycles. The Kier molecular flexibility index (Phi) is 3.98. The zero-order valence-electron chi connectivity index (χ0n) is 9.51. The van der Waals surface area contributed by atoms with Gasteiger partial charge in [0.2, 0.25) is 0 Å². The van der Waals surface area contributed by atoms with Gasteiger partial charge in [0.05, 0.1) is 0 Å². The molecule has 2 unspecified atom stereocenters. The molecule has 0 aliphatic carbocycles. The first-order valence-electron chi connectivity index (χ1n) is 5.45. The third-order valence-corrected chi connectivity index (χ3v) is 3.18. The van der Waals surface area contributed by atoms with Crippen molar-refractivity contribution in [2.45, 2.75) is 34.1 Å². The predicted molar refractivity (Wildman–Crippen MR) is 58.8 cm³/mol. The SMILES string of the molecule is CC(C)=CCN1CCC(C)C(C)C1. The summed E-state index contributed by atoms with van der Waals surface area (Å²) in [7, 11) is 0. The van der Waals surface area contributed by atoms with Gasteiger partial charge in [-0.2, -0.15) is 0 Å². The summed E-state index contributed by atoms with van der Waals surface area (Å²) < 4.78 is 0. The fraction of sp³-hybridized carbons (Fsp3) is 0.833. The van der Waals surface area contributed by atoms with Gasteiger partial charge in [-0.3, -0.25) is 4.90 Å². The minimum absolute atomic E-state index is 0.874. The maximum Gasteiger partial charge on any atom is 0.0165 e. The highest BCUT2D eigenvalue weighted by atomic mass is 15.1. The van der Waals surface area contributed by atoms with E-state index in [0.29, 0.717) is 0 Å². The van der Waals surface area contributed by atoms with Crippen LogP contribution < -0.4 is 0 Å². The molecule has 0 spiro atoms. The lowest BCUT2D eigenvalue weighted by molar-refractivity contribution is 0.151. The molecule has 0 amide bonds. The minimum Gasteiger partial charge on any atom is -0.299 e. The number of piperidine rings is 1. The minimum atomic E-state index is 0.874. The van der Waals surface area contributed by atoms with Crippen LogP contribution in [0, 0.1) is 11.8 Å². The summed E-state index contributed by atoms with van der Waals surface area (Å²) in [5.74, 6) is 1.79. The highest BCUT2D eigenvalue weighted by molar-refractivity contribution is 4.95. The standard InChI is InChI=1S/C12H23N/c1-10(2)5-7-13-8-6-11(3)12(4)9-13/h5,11-12H,6-9H2,1-4H3. The van der Waals surface area contributed by atoms with Crippen LogP contribution in [-0.4, -0.2) is 24.5 Å². The van der Waals surface area contributed by atoms with Crippen molar-refractivity contribution in [3.63, 3.8) is 0 Å². The van der Waals surface area contributed by atoms with E-state index in [1.54, 1.807) is 0 Å². The zero-order chi connectivity index (χ0) is 9.84. The van der Waals surface area contributed by atoms with Crippen molar-refractivity contribution in [2.24, 2.45) is 11.8 Å². The number of rotatable bonds is 2. The first-order valence-corrected chi connectivity index (χ1v) is 5.45.